The molecule has 2 aromatic rings. The predicted molar refractivity (Wildman–Crippen MR) is 71.4 cm³/mol. The van der Waals surface area contributed by atoms with E-state index in [0.717, 1.165) is 29.7 Å². The molecule has 1 saturated carbocycles. The van der Waals surface area contributed by atoms with Crippen molar-refractivity contribution in [2.45, 2.75) is 24.7 Å². The van der Waals surface area contributed by atoms with Gasteiger partial charge in [-0.2, -0.15) is 0 Å². The Hall–Kier alpha value is -0.910. The number of aromatic nitrogens is 2. The van der Waals surface area contributed by atoms with Gasteiger partial charge in [-0.3, -0.25) is 0 Å². The number of hydrogen-bond acceptors (Lipinski definition) is 1. The molecule has 1 heterocycles. The van der Waals surface area contributed by atoms with Crippen LogP contribution in [0.1, 0.15) is 35.9 Å². The summed E-state index contributed by atoms with van der Waals surface area (Å²) in [6.07, 6.45) is 4.01. The van der Waals surface area contributed by atoms with Crippen LogP contribution in [0.3, 0.4) is 0 Å². The minimum absolute atomic E-state index is 0.105. The van der Waals surface area contributed by atoms with E-state index in [2.05, 4.69) is 9.97 Å². The minimum atomic E-state index is -0.105. The summed E-state index contributed by atoms with van der Waals surface area (Å²) in [6, 6.07) is 3.65. The summed E-state index contributed by atoms with van der Waals surface area (Å²) in [5, 5.41) is 0. The van der Waals surface area contributed by atoms with Gasteiger partial charge in [0.2, 0.25) is 0 Å². The highest BCUT2D eigenvalue weighted by Crippen LogP contribution is 2.54. The van der Waals surface area contributed by atoms with E-state index in [1.807, 2.05) is 28.7 Å². The first-order valence-corrected chi connectivity index (χ1v) is 6.84. The molecule has 1 fully saturated rings. The van der Waals surface area contributed by atoms with Gasteiger partial charge in [0.05, 0.1) is 12.0 Å². The van der Waals surface area contributed by atoms with Gasteiger partial charge in [0.25, 0.3) is 0 Å². The number of hydrogen-bond donors (Lipinski definition) is 1. The molecule has 0 amide bonds. The van der Waals surface area contributed by atoms with Crippen molar-refractivity contribution in [2.24, 2.45) is 0 Å². The van der Waals surface area contributed by atoms with Crippen LogP contribution in [-0.2, 0) is 0 Å². The van der Waals surface area contributed by atoms with Crippen molar-refractivity contribution < 1.29 is 4.39 Å². The van der Waals surface area contributed by atoms with E-state index in [0.29, 0.717) is 15.4 Å². The second kappa shape index (κ2) is 3.31. The number of H-pyrrole nitrogens is 1. The third-order valence-electron chi connectivity index (χ3n) is 4.00. The van der Waals surface area contributed by atoms with Crippen molar-refractivity contribution in [1.82, 2.24) is 9.97 Å². The van der Waals surface area contributed by atoms with Crippen molar-refractivity contribution in [3.05, 3.63) is 39.1 Å². The van der Waals surface area contributed by atoms with Gasteiger partial charge in [0, 0.05) is 20.7 Å². The molecular formula is C13H10FIN2. The maximum Gasteiger partial charge on any atom is 0.136 e. The Morgan fingerprint density at radius 1 is 1.29 bits per heavy atom. The van der Waals surface area contributed by atoms with Crippen LogP contribution in [0.5, 0.6) is 0 Å². The van der Waals surface area contributed by atoms with Gasteiger partial charge in [-0.15, -0.1) is 0 Å². The van der Waals surface area contributed by atoms with Gasteiger partial charge in [-0.25, -0.2) is 9.37 Å². The second-order valence-electron chi connectivity index (χ2n) is 4.88. The Morgan fingerprint density at radius 2 is 2.12 bits per heavy atom. The Morgan fingerprint density at radius 3 is 2.94 bits per heavy atom. The summed E-state index contributed by atoms with van der Waals surface area (Å²) in [7, 11) is 0. The fraction of sp³-hybridized carbons (Fsp3) is 0.308. The first-order valence-electron chi connectivity index (χ1n) is 5.76. The van der Waals surface area contributed by atoms with Gasteiger partial charge in [0.1, 0.15) is 5.82 Å². The smallest absolute Gasteiger partial charge is 0.136 e. The predicted octanol–water partition coefficient (Wildman–Crippen LogP) is 3.80. The van der Waals surface area contributed by atoms with Crippen LogP contribution in [0.2, 0.25) is 0 Å². The molecule has 1 aromatic heterocycles. The van der Waals surface area contributed by atoms with Gasteiger partial charge in [-0.1, -0.05) is 0 Å². The molecule has 86 valence electrons. The number of nitrogens with one attached hydrogen (secondary N) is 1. The summed E-state index contributed by atoms with van der Waals surface area (Å²) >= 11 is 2.05. The van der Waals surface area contributed by atoms with E-state index in [9.17, 15) is 4.39 Å². The number of aromatic amines is 1. The number of imidazole rings is 1. The second-order valence-corrected chi connectivity index (χ2v) is 6.05. The lowest BCUT2D eigenvalue weighted by molar-refractivity contribution is 0.351. The molecule has 3 aliphatic carbocycles. The number of rotatable bonds is 0. The highest BCUT2D eigenvalue weighted by atomic mass is 127. The lowest BCUT2D eigenvalue weighted by Crippen LogP contribution is -2.18. The van der Waals surface area contributed by atoms with E-state index in [1.165, 1.54) is 5.69 Å². The topological polar surface area (TPSA) is 28.7 Å². The Labute approximate surface area is 112 Å². The summed E-state index contributed by atoms with van der Waals surface area (Å²) in [4.78, 5) is 7.68. The molecule has 17 heavy (non-hydrogen) atoms. The highest BCUT2D eigenvalue weighted by molar-refractivity contribution is 14.1. The molecule has 4 heteroatoms. The molecule has 2 nitrogen and oxygen atoms in total. The maximum absolute atomic E-state index is 13.7. The quantitative estimate of drug-likeness (QED) is 0.727. The summed E-state index contributed by atoms with van der Waals surface area (Å²) < 4.78 is 14.4. The van der Waals surface area contributed by atoms with E-state index in [1.54, 1.807) is 12.4 Å². The van der Waals surface area contributed by atoms with Crippen LogP contribution in [0.15, 0.2) is 18.5 Å². The lowest BCUT2D eigenvalue weighted by Gasteiger charge is -2.33. The zero-order valence-corrected chi connectivity index (χ0v) is 11.2. The average Bonchev–Trinajstić information content (AvgIpc) is 2.62. The third kappa shape index (κ3) is 1.27. The molecule has 0 unspecified atom stereocenters. The van der Waals surface area contributed by atoms with Gasteiger partial charge in [0.15, 0.2) is 0 Å². The first kappa shape index (κ1) is 10.1. The molecule has 0 radical (unpaired) electrons. The van der Waals surface area contributed by atoms with E-state index < -0.39 is 0 Å². The Kier molecular flexibility index (Phi) is 1.96. The monoisotopic (exact) mass is 340 g/mol. The van der Waals surface area contributed by atoms with Crippen LogP contribution < -0.4 is 0 Å². The molecular weight excluding hydrogens is 330 g/mol. The third-order valence-corrected chi connectivity index (χ3v) is 4.83. The van der Waals surface area contributed by atoms with Crippen molar-refractivity contribution in [2.75, 3.05) is 0 Å². The van der Waals surface area contributed by atoms with E-state index >= 15 is 0 Å². The molecule has 3 aliphatic rings. The number of halogens is 2. The SMILES string of the molecule is Fc1cc2c(cc1I)-c1nc[nH]c1C1CC2C1. The van der Waals surface area contributed by atoms with Gasteiger partial charge < -0.3 is 4.98 Å². The summed E-state index contributed by atoms with van der Waals surface area (Å²) in [6.45, 7) is 0. The molecule has 1 aromatic carbocycles. The number of benzene rings is 1. The average molecular weight is 340 g/mol. The van der Waals surface area contributed by atoms with E-state index in [4.69, 9.17) is 0 Å². The van der Waals surface area contributed by atoms with Gasteiger partial charge >= 0.3 is 0 Å². The molecule has 0 aliphatic heterocycles. The first-order chi connectivity index (χ1) is 8.24. The zero-order chi connectivity index (χ0) is 11.6. The molecule has 0 atom stereocenters. The van der Waals surface area contributed by atoms with Crippen LogP contribution in [0.4, 0.5) is 4.39 Å². The van der Waals surface area contributed by atoms with Crippen LogP contribution in [-0.4, -0.2) is 9.97 Å². The van der Waals surface area contributed by atoms with Crippen molar-refractivity contribution in [1.29, 1.82) is 0 Å². The van der Waals surface area contributed by atoms with Crippen LogP contribution in [0.25, 0.3) is 11.3 Å². The van der Waals surface area contributed by atoms with Crippen LogP contribution >= 0.6 is 22.6 Å². The molecule has 0 saturated heterocycles. The van der Waals surface area contributed by atoms with E-state index in [-0.39, 0.29) is 5.82 Å². The maximum atomic E-state index is 13.7. The normalized spacial score (nSPS) is 24.6. The highest BCUT2D eigenvalue weighted by Gasteiger charge is 2.39. The standard InChI is InChI=1S/C13H10FIN2/c14-10-3-8-6-1-7(2-6)12-13(17-5-16-12)9(8)4-11(10)15/h3-7H,1-2H2,(H,16,17). The number of nitrogens with zero attached hydrogens (tertiary/aromatic N) is 1. The fourth-order valence-electron chi connectivity index (χ4n) is 3.04. The van der Waals surface area contributed by atoms with Crippen LogP contribution in [0, 0.1) is 9.39 Å². The zero-order valence-electron chi connectivity index (χ0n) is 9.00. The van der Waals surface area contributed by atoms with Crippen molar-refractivity contribution in [3.8, 4) is 11.3 Å². The lowest BCUT2D eigenvalue weighted by atomic mass is 9.72. The fourth-order valence-corrected chi connectivity index (χ4v) is 3.51. The van der Waals surface area contributed by atoms with Crippen molar-refractivity contribution >= 4 is 22.6 Å². The Balaban J connectivity index is 2.06. The summed E-state index contributed by atoms with van der Waals surface area (Å²) in [5.41, 5.74) is 4.53. The molecule has 2 bridgehead atoms. The van der Waals surface area contributed by atoms with Gasteiger partial charge in [-0.05, 0) is 59.0 Å². The minimum Gasteiger partial charge on any atom is -0.348 e. The molecule has 5 rings (SSSR count). The largest absolute Gasteiger partial charge is 0.348 e. The molecule has 1 N–H and O–H groups in total. The Bertz CT molecular complexity index is 614. The summed E-state index contributed by atoms with van der Waals surface area (Å²) in [5.74, 6) is 1.00. The molecule has 0 spiro atoms. The van der Waals surface area contributed by atoms with Crippen molar-refractivity contribution in [3.63, 3.8) is 0 Å².